The Balaban J connectivity index is 2.89. The number of hydrogen-bond donors (Lipinski definition) is 2. The molecule has 0 saturated heterocycles. The number of nitrogens with zero attached hydrogens (tertiary/aromatic N) is 1. The highest BCUT2D eigenvalue weighted by Crippen LogP contribution is 2.18. The Hall–Kier alpha value is -2.15. The maximum absolute atomic E-state index is 12.0. The van der Waals surface area contributed by atoms with Gasteiger partial charge in [0.2, 0.25) is 0 Å². The van der Waals surface area contributed by atoms with Crippen molar-refractivity contribution in [1.82, 2.24) is 10.3 Å². The van der Waals surface area contributed by atoms with Crippen molar-refractivity contribution >= 4 is 12.1 Å². The zero-order valence-electron chi connectivity index (χ0n) is 13.2. The summed E-state index contributed by atoms with van der Waals surface area (Å²) in [4.78, 5) is 27.7. The number of aliphatic hydroxyl groups is 1. The van der Waals surface area contributed by atoms with Crippen LogP contribution in [0.25, 0.3) is 0 Å². The topological polar surface area (TPSA) is 97.8 Å². The number of amides is 1. The van der Waals surface area contributed by atoms with Crippen LogP contribution in [0.3, 0.4) is 0 Å². The molecule has 0 unspecified atom stereocenters. The van der Waals surface area contributed by atoms with Crippen LogP contribution in [0.15, 0.2) is 24.5 Å². The van der Waals surface area contributed by atoms with Gasteiger partial charge in [-0.3, -0.25) is 4.98 Å². The maximum Gasteiger partial charge on any atom is 0.408 e. The average molecular weight is 310 g/mol. The van der Waals surface area contributed by atoms with Crippen molar-refractivity contribution in [3.05, 3.63) is 30.1 Å². The predicted octanol–water partition coefficient (Wildman–Crippen LogP) is 1.57. The Bertz CT molecular complexity index is 498. The van der Waals surface area contributed by atoms with Crippen molar-refractivity contribution in [2.24, 2.45) is 0 Å². The standard InChI is InChI=1S/C15H22N2O5/c1-5-21-13(19)11(17-14(20)22-15(2,3)4)12(18)10-6-8-16-9-7-10/h6-9,11-12,18H,5H2,1-4H3,(H,17,20)/t11-,12+/m0/s1. The van der Waals surface area contributed by atoms with E-state index in [1.54, 1.807) is 39.8 Å². The van der Waals surface area contributed by atoms with Gasteiger partial charge in [-0.2, -0.15) is 0 Å². The van der Waals surface area contributed by atoms with E-state index in [0.717, 1.165) is 0 Å². The van der Waals surface area contributed by atoms with Crippen LogP contribution >= 0.6 is 0 Å². The Morgan fingerprint density at radius 3 is 2.41 bits per heavy atom. The minimum absolute atomic E-state index is 0.133. The van der Waals surface area contributed by atoms with Gasteiger partial charge in [-0.1, -0.05) is 0 Å². The summed E-state index contributed by atoms with van der Waals surface area (Å²) in [6.07, 6.45) is 0.885. The number of esters is 1. The van der Waals surface area contributed by atoms with Crippen LogP contribution in [0, 0.1) is 0 Å². The lowest BCUT2D eigenvalue weighted by atomic mass is 10.0. The second kappa shape index (κ2) is 7.74. The molecule has 1 aromatic heterocycles. The molecule has 0 bridgehead atoms. The molecule has 2 atom stereocenters. The van der Waals surface area contributed by atoms with Crippen molar-refractivity contribution in [3.8, 4) is 0 Å². The number of ether oxygens (including phenoxy) is 2. The normalized spacial score (nSPS) is 13.9. The predicted molar refractivity (Wildman–Crippen MR) is 79.0 cm³/mol. The summed E-state index contributed by atoms with van der Waals surface area (Å²) in [5.74, 6) is -0.738. The van der Waals surface area contributed by atoms with Gasteiger partial charge in [0.1, 0.15) is 11.7 Å². The summed E-state index contributed by atoms with van der Waals surface area (Å²) in [6.45, 7) is 6.87. The van der Waals surface area contributed by atoms with E-state index in [9.17, 15) is 14.7 Å². The molecule has 0 aromatic carbocycles. The van der Waals surface area contributed by atoms with Crippen LogP contribution in [0.2, 0.25) is 0 Å². The number of pyridine rings is 1. The van der Waals surface area contributed by atoms with Gasteiger partial charge in [0.05, 0.1) is 6.61 Å². The first-order chi connectivity index (χ1) is 10.2. The number of carbonyl (C=O) groups is 2. The van der Waals surface area contributed by atoms with Gasteiger partial charge >= 0.3 is 12.1 Å². The number of rotatable bonds is 5. The number of hydrogen-bond acceptors (Lipinski definition) is 6. The first-order valence-electron chi connectivity index (χ1n) is 6.98. The van der Waals surface area contributed by atoms with Gasteiger partial charge in [0, 0.05) is 12.4 Å². The molecule has 0 aliphatic heterocycles. The third-order valence-corrected chi connectivity index (χ3v) is 2.58. The van der Waals surface area contributed by atoms with Crippen molar-refractivity contribution in [3.63, 3.8) is 0 Å². The lowest BCUT2D eigenvalue weighted by Crippen LogP contribution is -2.47. The Kier molecular flexibility index (Phi) is 6.30. The smallest absolute Gasteiger partial charge is 0.408 e. The first kappa shape index (κ1) is 17.9. The van der Waals surface area contributed by atoms with Crippen LogP contribution in [-0.4, -0.2) is 40.4 Å². The van der Waals surface area contributed by atoms with E-state index in [2.05, 4.69) is 10.3 Å². The lowest BCUT2D eigenvalue weighted by Gasteiger charge is -2.25. The van der Waals surface area contributed by atoms with Gasteiger partial charge < -0.3 is 19.9 Å². The molecule has 7 nitrogen and oxygen atoms in total. The van der Waals surface area contributed by atoms with Crippen molar-refractivity contribution in [2.75, 3.05) is 6.61 Å². The molecule has 0 radical (unpaired) electrons. The Morgan fingerprint density at radius 1 is 1.32 bits per heavy atom. The molecular formula is C15H22N2O5. The molecule has 22 heavy (non-hydrogen) atoms. The number of alkyl carbamates (subject to hydrolysis) is 1. The van der Waals surface area contributed by atoms with Gasteiger partial charge in [0.15, 0.2) is 6.04 Å². The highest BCUT2D eigenvalue weighted by Gasteiger charge is 2.32. The van der Waals surface area contributed by atoms with Gasteiger partial charge in [0.25, 0.3) is 0 Å². The molecular weight excluding hydrogens is 288 g/mol. The Morgan fingerprint density at radius 2 is 1.91 bits per heavy atom. The molecule has 122 valence electrons. The van der Waals surface area contributed by atoms with Gasteiger partial charge in [-0.05, 0) is 45.4 Å². The number of carbonyl (C=O) groups excluding carboxylic acids is 2. The SMILES string of the molecule is CCOC(=O)[C@@H](NC(=O)OC(C)(C)C)[C@H](O)c1ccncc1. The van der Waals surface area contributed by atoms with Crippen molar-refractivity contribution < 1.29 is 24.2 Å². The average Bonchev–Trinajstić information content (AvgIpc) is 2.43. The summed E-state index contributed by atoms with van der Waals surface area (Å²) in [5, 5.41) is 12.7. The summed E-state index contributed by atoms with van der Waals surface area (Å²) in [7, 11) is 0. The molecule has 0 saturated carbocycles. The highest BCUT2D eigenvalue weighted by molar-refractivity contribution is 5.82. The molecule has 0 aliphatic rings. The van der Waals surface area contributed by atoms with Gasteiger partial charge in [-0.15, -0.1) is 0 Å². The second-order valence-electron chi connectivity index (χ2n) is 5.60. The van der Waals surface area contributed by atoms with E-state index < -0.39 is 29.8 Å². The van der Waals surface area contributed by atoms with Crippen LogP contribution in [0.4, 0.5) is 4.79 Å². The quantitative estimate of drug-likeness (QED) is 0.801. The monoisotopic (exact) mass is 310 g/mol. The molecule has 0 fully saturated rings. The van der Waals surface area contributed by atoms with E-state index >= 15 is 0 Å². The van der Waals surface area contributed by atoms with Crippen LogP contribution in [0.5, 0.6) is 0 Å². The molecule has 1 amide bonds. The minimum Gasteiger partial charge on any atom is -0.464 e. The van der Waals surface area contributed by atoms with Crippen LogP contribution in [0.1, 0.15) is 39.4 Å². The summed E-state index contributed by atoms with van der Waals surface area (Å²) in [5.41, 5.74) is -0.283. The fourth-order valence-corrected chi connectivity index (χ4v) is 1.69. The molecule has 1 aromatic rings. The number of aromatic nitrogens is 1. The summed E-state index contributed by atoms with van der Waals surface area (Å²) in [6, 6.07) is 1.83. The number of nitrogens with one attached hydrogen (secondary N) is 1. The molecule has 7 heteroatoms. The fourth-order valence-electron chi connectivity index (χ4n) is 1.69. The lowest BCUT2D eigenvalue weighted by molar-refractivity contribution is -0.148. The highest BCUT2D eigenvalue weighted by atomic mass is 16.6. The molecule has 2 N–H and O–H groups in total. The molecule has 1 heterocycles. The summed E-state index contributed by atoms with van der Waals surface area (Å²) < 4.78 is 9.99. The van der Waals surface area contributed by atoms with Crippen LogP contribution in [-0.2, 0) is 14.3 Å². The number of aliphatic hydroxyl groups excluding tert-OH is 1. The third-order valence-electron chi connectivity index (χ3n) is 2.58. The van der Waals surface area contributed by atoms with E-state index in [1.807, 2.05) is 0 Å². The fraction of sp³-hybridized carbons (Fsp3) is 0.533. The van der Waals surface area contributed by atoms with E-state index in [-0.39, 0.29) is 6.61 Å². The van der Waals surface area contributed by atoms with E-state index in [1.165, 1.54) is 12.4 Å². The summed E-state index contributed by atoms with van der Waals surface area (Å²) >= 11 is 0. The van der Waals surface area contributed by atoms with Crippen molar-refractivity contribution in [1.29, 1.82) is 0 Å². The first-order valence-corrected chi connectivity index (χ1v) is 6.98. The third kappa shape index (κ3) is 5.69. The van der Waals surface area contributed by atoms with Crippen LogP contribution < -0.4 is 5.32 Å². The van der Waals surface area contributed by atoms with Crippen molar-refractivity contribution in [2.45, 2.75) is 45.4 Å². The van der Waals surface area contributed by atoms with Gasteiger partial charge in [-0.25, -0.2) is 9.59 Å². The second-order valence-corrected chi connectivity index (χ2v) is 5.60. The van der Waals surface area contributed by atoms with E-state index in [0.29, 0.717) is 5.56 Å². The molecule has 0 spiro atoms. The molecule has 0 aliphatic carbocycles. The zero-order chi connectivity index (χ0) is 16.8. The Labute approximate surface area is 129 Å². The maximum atomic E-state index is 12.0. The minimum atomic E-state index is -1.27. The molecule has 1 rings (SSSR count). The largest absolute Gasteiger partial charge is 0.464 e. The zero-order valence-corrected chi connectivity index (χ0v) is 13.2. The van der Waals surface area contributed by atoms with E-state index in [4.69, 9.17) is 9.47 Å².